The van der Waals surface area contributed by atoms with Gasteiger partial charge in [0.25, 0.3) is 0 Å². The lowest BCUT2D eigenvalue weighted by Crippen LogP contribution is -2.46. The van der Waals surface area contributed by atoms with Gasteiger partial charge in [-0.25, -0.2) is 0 Å². The van der Waals surface area contributed by atoms with Crippen molar-refractivity contribution in [1.82, 2.24) is 0 Å². The van der Waals surface area contributed by atoms with Crippen molar-refractivity contribution in [3.05, 3.63) is 52.5 Å². The predicted octanol–water partition coefficient (Wildman–Crippen LogP) is 3.90. The van der Waals surface area contributed by atoms with Crippen LogP contribution in [-0.4, -0.2) is 26.2 Å². The van der Waals surface area contributed by atoms with Gasteiger partial charge in [-0.3, -0.25) is 0 Å². The summed E-state index contributed by atoms with van der Waals surface area (Å²) in [5, 5.41) is 1.49. The first-order chi connectivity index (χ1) is 10.1. The molecule has 2 aromatic rings. The summed E-state index contributed by atoms with van der Waals surface area (Å²) in [5.74, 6) is 0. The van der Waals surface area contributed by atoms with Crippen LogP contribution in [0.5, 0.6) is 0 Å². The van der Waals surface area contributed by atoms with Gasteiger partial charge in [0.05, 0.1) is 10.7 Å². The van der Waals surface area contributed by atoms with Crippen molar-refractivity contribution in [1.29, 1.82) is 0 Å². The molecular formula is C16H17Cl2N3. The Hall–Kier alpha value is -1.58. The van der Waals surface area contributed by atoms with Gasteiger partial charge in [0.1, 0.15) is 0 Å². The molecule has 1 aliphatic heterocycles. The zero-order valence-corrected chi connectivity index (χ0v) is 13.1. The molecule has 0 spiro atoms. The van der Waals surface area contributed by atoms with Crippen LogP contribution in [0.1, 0.15) is 0 Å². The molecule has 2 N–H and O–H groups in total. The fraction of sp³-hybridized carbons (Fsp3) is 0.250. The summed E-state index contributed by atoms with van der Waals surface area (Å²) in [5.41, 5.74) is 8.71. The SMILES string of the molecule is Nc1ccc(N2CCN(c3ccc(Cl)cc3)CC2)c(Cl)c1. The molecule has 0 radical (unpaired) electrons. The molecule has 21 heavy (non-hydrogen) atoms. The van der Waals surface area contributed by atoms with Crippen LogP contribution in [0.2, 0.25) is 10.0 Å². The first kappa shape index (κ1) is 14.4. The van der Waals surface area contributed by atoms with Crippen LogP contribution in [-0.2, 0) is 0 Å². The molecule has 0 aromatic heterocycles. The van der Waals surface area contributed by atoms with Crippen molar-refractivity contribution in [2.75, 3.05) is 41.7 Å². The Balaban J connectivity index is 1.68. The van der Waals surface area contributed by atoms with Crippen molar-refractivity contribution in [2.45, 2.75) is 0 Å². The Morgan fingerprint density at radius 1 is 0.810 bits per heavy atom. The number of nitrogens with zero attached hydrogens (tertiary/aromatic N) is 2. The second-order valence-corrected chi connectivity index (χ2v) is 6.00. The Morgan fingerprint density at radius 3 is 2.05 bits per heavy atom. The average molecular weight is 322 g/mol. The molecule has 1 aliphatic rings. The molecule has 3 nitrogen and oxygen atoms in total. The van der Waals surface area contributed by atoms with Gasteiger partial charge in [0, 0.05) is 42.6 Å². The summed E-state index contributed by atoms with van der Waals surface area (Å²) in [6, 6.07) is 13.7. The smallest absolute Gasteiger partial charge is 0.0660 e. The van der Waals surface area contributed by atoms with E-state index < -0.39 is 0 Å². The summed E-state index contributed by atoms with van der Waals surface area (Å²) in [4.78, 5) is 4.66. The minimum Gasteiger partial charge on any atom is -0.399 e. The van der Waals surface area contributed by atoms with E-state index in [9.17, 15) is 0 Å². The first-order valence-corrected chi connectivity index (χ1v) is 7.69. The molecule has 0 unspecified atom stereocenters. The number of nitrogens with two attached hydrogens (primary N) is 1. The summed E-state index contributed by atoms with van der Waals surface area (Å²) in [7, 11) is 0. The Kier molecular flexibility index (Phi) is 4.13. The molecule has 0 bridgehead atoms. The first-order valence-electron chi connectivity index (χ1n) is 6.94. The fourth-order valence-electron chi connectivity index (χ4n) is 2.64. The van der Waals surface area contributed by atoms with Crippen LogP contribution in [0.3, 0.4) is 0 Å². The molecule has 0 saturated carbocycles. The standard InChI is InChI=1S/C16H17Cl2N3/c17-12-1-4-14(5-2-12)20-7-9-21(10-8-20)16-6-3-13(19)11-15(16)18/h1-6,11H,7-10,19H2. The molecule has 5 heteroatoms. The maximum atomic E-state index is 6.28. The monoisotopic (exact) mass is 321 g/mol. The molecular weight excluding hydrogens is 305 g/mol. The minimum absolute atomic E-state index is 0.698. The minimum atomic E-state index is 0.698. The summed E-state index contributed by atoms with van der Waals surface area (Å²) >= 11 is 12.2. The molecule has 0 aliphatic carbocycles. The average Bonchev–Trinajstić information content (AvgIpc) is 2.48. The molecule has 2 aromatic carbocycles. The molecule has 1 saturated heterocycles. The van der Waals surface area contributed by atoms with Crippen molar-refractivity contribution >= 4 is 40.3 Å². The number of nitrogen functional groups attached to an aromatic ring is 1. The van der Waals surface area contributed by atoms with Crippen LogP contribution < -0.4 is 15.5 Å². The predicted molar refractivity (Wildman–Crippen MR) is 91.7 cm³/mol. The highest BCUT2D eigenvalue weighted by Crippen LogP contribution is 2.29. The highest BCUT2D eigenvalue weighted by molar-refractivity contribution is 6.33. The lowest BCUT2D eigenvalue weighted by atomic mass is 10.2. The lowest BCUT2D eigenvalue weighted by Gasteiger charge is -2.37. The highest BCUT2D eigenvalue weighted by atomic mass is 35.5. The Labute approximate surface area is 134 Å². The van der Waals surface area contributed by atoms with Crippen LogP contribution in [0.4, 0.5) is 17.1 Å². The largest absolute Gasteiger partial charge is 0.399 e. The number of rotatable bonds is 2. The maximum absolute atomic E-state index is 6.28. The topological polar surface area (TPSA) is 32.5 Å². The number of hydrogen-bond acceptors (Lipinski definition) is 3. The molecule has 0 atom stereocenters. The van der Waals surface area contributed by atoms with E-state index in [4.69, 9.17) is 28.9 Å². The number of anilines is 3. The molecule has 3 rings (SSSR count). The number of benzene rings is 2. The molecule has 0 amide bonds. The maximum Gasteiger partial charge on any atom is 0.0660 e. The number of halogens is 2. The molecule has 110 valence electrons. The van der Waals surface area contributed by atoms with Gasteiger partial charge in [-0.1, -0.05) is 23.2 Å². The van der Waals surface area contributed by atoms with Crippen molar-refractivity contribution < 1.29 is 0 Å². The van der Waals surface area contributed by atoms with Crippen LogP contribution in [0.25, 0.3) is 0 Å². The van der Waals surface area contributed by atoms with Gasteiger partial charge in [-0.15, -0.1) is 0 Å². The Morgan fingerprint density at radius 2 is 1.43 bits per heavy atom. The van der Waals surface area contributed by atoms with E-state index in [1.807, 2.05) is 30.3 Å². The van der Waals surface area contributed by atoms with Crippen LogP contribution >= 0.6 is 23.2 Å². The van der Waals surface area contributed by atoms with Gasteiger partial charge in [-0.05, 0) is 42.5 Å². The zero-order valence-electron chi connectivity index (χ0n) is 11.6. The third kappa shape index (κ3) is 3.20. The number of hydrogen-bond donors (Lipinski definition) is 1. The molecule has 1 heterocycles. The van der Waals surface area contributed by atoms with E-state index in [1.165, 1.54) is 5.69 Å². The third-order valence-electron chi connectivity index (χ3n) is 3.78. The van der Waals surface area contributed by atoms with E-state index in [-0.39, 0.29) is 0 Å². The third-order valence-corrected chi connectivity index (χ3v) is 4.34. The normalized spacial score (nSPS) is 15.3. The van der Waals surface area contributed by atoms with E-state index in [0.717, 1.165) is 41.9 Å². The van der Waals surface area contributed by atoms with E-state index >= 15 is 0 Å². The highest BCUT2D eigenvalue weighted by Gasteiger charge is 2.19. The van der Waals surface area contributed by atoms with E-state index in [1.54, 1.807) is 0 Å². The summed E-state index contributed by atoms with van der Waals surface area (Å²) in [6.45, 7) is 3.79. The van der Waals surface area contributed by atoms with E-state index in [0.29, 0.717) is 5.69 Å². The van der Waals surface area contributed by atoms with Gasteiger partial charge in [-0.2, -0.15) is 0 Å². The van der Waals surface area contributed by atoms with Gasteiger partial charge in [0.15, 0.2) is 0 Å². The van der Waals surface area contributed by atoms with Crippen LogP contribution in [0, 0.1) is 0 Å². The summed E-state index contributed by atoms with van der Waals surface area (Å²) in [6.07, 6.45) is 0. The quantitative estimate of drug-likeness (QED) is 0.851. The van der Waals surface area contributed by atoms with Crippen LogP contribution in [0.15, 0.2) is 42.5 Å². The lowest BCUT2D eigenvalue weighted by molar-refractivity contribution is 0.654. The van der Waals surface area contributed by atoms with Gasteiger partial charge < -0.3 is 15.5 Å². The van der Waals surface area contributed by atoms with E-state index in [2.05, 4.69) is 21.9 Å². The summed E-state index contributed by atoms with van der Waals surface area (Å²) < 4.78 is 0. The second kappa shape index (κ2) is 6.04. The van der Waals surface area contributed by atoms with Crippen molar-refractivity contribution in [3.8, 4) is 0 Å². The Bertz CT molecular complexity index is 620. The van der Waals surface area contributed by atoms with Gasteiger partial charge >= 0.3 is 0 Å². The second-order valence-electron chi connectivity index (χ2n) is 5.16. The molecule has 1 fully saturated rings. The zero-order chi connectivity index (χ0) is 14.8. The van der Waals surface area contributed by atoms with Crippen molar-refractivity contribution in [2.24, 2.45) is 0 Å². The fourth-order valence-corrected chi connectivity index (χ4v) is 3.07. The van der Waals surface area contributed by atoms with Gasteiger partial charge in [0.2, 0.25) is 0 Å². The van der Waals surface area contributed by atoms with Crippen molar-refractivity contribution in [3.63, 3.8) is 0 Å². The number of piperazine rings is 1.